The van der Waals surface area contributed by atoms with Gasteiger partial charge in [0.25, 0.3) is 5.91 Å². The molecule has 13 heteroatoms. The average Bonchev–Trinajstić information content (AvgIpc) is 4.04. The first-order chi connectivity index (χ1) is 23.8. The summed E-state index contributed by atoms with van der Waals surface area (Å²) in [6.07, 6.45) is 3.65. The van der Waals surface area contributed by atoms with Gasteiger partial charge in [-0.25, -0.2) is 9.37 Å². The number of aromatic nitrogens is 1. The van der Waals surface area contributed by atoms with Crippen LogP contribution in [-0.4, -0.2) is 53.2 Å². The number of nitrogen functional groups attached to an aromatic ring is 1. The molecule has 0 spiro atoms. The van der Waals surface area contributed by atoms with E-state index in [1.54, 1.807) is 61.5 Å². The zero-order valence-electron chi connectivity index (χ0n) is 27.0. The summed E-state index contributed by atoms with van der Waals surface area (Å²) in [5, 5.41) is 15.9. The molecule has 10 nitrogen and oxygen atoms in total. The first-order valence-electron chi connectivity index (χ1n) is 16.1. The van der Waals surface area contributed by atoms with Gasteiger partial charge in [0.2, 0.25) is 5.91 Å². The van der Waals surface area contributed by atoms with Crippen LogP contribution in [0.15, 0.2) is 71.7 Å². The molecule has 0 bridgehead atoms. The molecule has 0 unspecified atom stereocenters. The lowest BCUT2D eigenvalue weighted by Crippen LogP contribution is -2.43. The minimum absolute atomic E-state index is 0.0253. The number of hydrogen-bond acceptors (Lipinski definition) is 8. The highest BCUT2D eigenvalue weighted by Crippen LogP contribution is 2.48. The number of nitrogens with zero attached hydrogens (tertiary/aromatic N) is 2. The minimum atomic E-state index is -1.95. The van der Waals surface area contributed by atoms with Crippen molar-refractivity contribution in [2.75, 3.05) is 18.9 Å². The molecule has 2 heterocycles. The van der Waals surface area contributed by atoms with Gasteiger partial charge in [-0.1, -0.05) is 65.7 Å². The fraction of sp³-hybridized carbons (Fsp3) is 0.297. The van der Waals surface area contributed by atoms with Crippen molar-refractivity contribution in [3.8, 4) is 22.8 Å². The number of nitrogens with two attached hydrogens (primary N) is 2. The second-order valence-electron chi connectivity index (χ2n) is 13.2. The van der Waals surface area contributed by atoms with E-state index in [9.17, 15) is 19.1 Å². The van der Waals surface area contributed by atoms with Crippen LogP contribution in [0.5, 0.6) is 11.5 Å². The molecule has 1 aliphatic heterocycles. The van der Waals surface area contributed by atoms with Crippen LogP contribution in [0.1, 0.15) is 65.3 Å². The number of hydrogen-bond donors (Lipinski definition) is 4. The van der Waals surface area contributed by atoms with Gasteiger partial charge in [0, 0.05) is 41.3 Å². The lowest BCUT2D eigenvalue weighted by molar-refractivity contribution is -0.123. The summed E-state index contributed by atoms with van der Waals surface area (Å²) in [4.78, 5) is 35.6. The van der Waals surface area contributed by atoms with Gasteiger partial charge in [0.05, 0.1) is 34.1 Å². The molecule has 0 radical (unpaired) electrons. The van der Waals surface area contributed by atoms with Gasteiger partial charge >= 0.3 is 0 Å². The summed E-state index contributed by atoms with van der Waals surface area (Å²) in [6, 6.07) is 18.3. The lowest BCUT2D eigenvalue weighted by atomic mass is 9.80. The molecule has 3 aromatic carbocycles. The van der Waals surface area contributed by atoms with Crippen LogP contribution in [0, 0.1) is 0 Å². The standard InChI is InChI=1S/C37H34Cl2FN5O5/c1-35(34(42)47)19-49-32-25(35)16-28(45-31(32)24-8-5-9-26(38)29(24)39)37(48,22-6-3-2-4-7-22)18-43-33(46)20-14-21(17-44-36(40)12-13-36)30(41)27(15-20)50-23-10-11-23/h2-9,14-17,23,48H,10-13,18-19,41H2,1H3,(H2,42,47)(H,43,46)/b44-17+/t35-,37+/m0/s1. The normalized spacial score (nSPS) is 20.1. The maximum Gasteiger partial charge on any atom is 0.251 e. The van der Waals surface area contributed by atoms with Crippen molar-refractivity contribution in [2.24, 2.45) is 10.7 Å². The van der Waals surface area contributed by atoms with Crippen molar-refractivity contribution < 1.29 is 28.6 Å². The molecular weight excluding hydrogens is 684 g/mol. The topological polar surface area (TPSA) is 162 Å². The molecule has 2 aliphatic carbocycles. The van der Waals surface area contributed by atoms with E-state index in [0.717, 1.165) is 12.8 Å². The number of benzene rings is 3. The second kappa shape index (κ2) is 12.6. The Kier molecular flexibility index (Phi) is 8.48. The molecule has 258 valence electrons. The molecule has 1 aromatic heterocycles. The van der Waals surface area contributed by atoms with Crippen LogP contribution >= 0.6 is 23.2 Å². The molecule has 3 aliphatic rings. The van der Waals surface area contributed by atoms with E-state index in [2.05, 4.69) is 10.3 Å². The van der Waals surface area contributed by atoms with Crippen molar-refractivity contribution >= 4 is 46.9 Å². The minimum Gasteiger partial charge on any atom is -0.489 e. The monoisotopic (exact) mass is 717 g/mol. The van der Waals surface area contributed by atoms with E-state index in [4.69, 9.17) is 49.1 Å². The number of alkyl halides is 1. The lowest BCUT2D eigenvalue weighted by Gasteiger charge is -2.30. The zero-order valence-corrected chi connectivity index (χ0v) is 28.5. The molecule has 50 heavy (non-hydrogen) atoms. The Morgan fingerprint density at radius 3 is 2.58 bits per heavy atom. The molecule has 2 atom stereocenters. The van der Waals surface area contributed by atoms with E-state index in [0.29, 0.717) is 35.1 Å². The third-order valence-corrected chi connectivity index (χ3v) is 10.2. The molecule has 2 fully saturated rings. The fourth-order valence-electron chi connectivity index (χ4n) is 5.80. The van der Waals surface area contributed by atoms with Crippen molar-refractivity contribution in [3.05, 3.63) is 105 Å². The number of nitrogens with one attached hydrogen (secondary N) is 1. The van der Waals surface area contributed by atoms with E-state index in [-0.39, 0.29) is 63.4 Å². The van der Waals surface area contributed by atoms with E-state index in [1.807, 2.05) is 0 Å². The van der Waals surface area contributed by atoms with E-state index in [1.165, 1.54) is 18.3 Å². The summed E-state index contributed by atoms with van der Waals surface area (Å²) in [6.45, 7) is 1.22. The van der Waals surface area contributed by atoms with Crippen LogP contribution in [0.3, 0.4) is 0 Å². The van der Waals surface area contributed by atoms with Crippen molar-refractivity contribution in [2.45, 2.75) is 55.5 Å². The molecule has 7 rings (SSSR count). The van der Waals surface area contributed by atoms with Gasteiger partial charge in [-0.15, -0.1) is 0 Å². The Labute approximate surface area is 297 Å². The number of carbonyl (C=O) groups is 2. The predicted octanol–water partition coefficient (Wildman–Crippen LogP) is 5.86. The van der Waals surface area contributed by atoms with Gasteiger partial charge in [-0.3, -0.25) is 14.6 Å². The Morgan fingerprint density at radius 1 is 1.16 bits per heavy atom. The quantitative estimate of drug-likeness (QED) is 0.0858. The zero-order chi connectivity index (χ0) is 35.4. The summed E-state index contributed by atoms with van der Waals surface area (Å²) >= 11 is 13.0. The predicted molar refractivity (Wildman–Crippen MR) is 189 cm³/mol. The first kappa shape index (κ1) is 33.8. The third kappa shape index (κ3) is 6.25. The first-order valence-corrected chi connectivity index (χ1v) is 16.9. The Bertz CT molecular complexity index is 2060. The summed E-state index contributed by atoms with van der Waals surface area (Å²) in [7, 11) is 0. The van der Waals surface area contributed by atoms with Crippen LogP contribution < -0.4 is 26.3 Å². The molecular formula is C37H34Cl2FN5O5. The molecule has 0 saturated heterocycles. The van der Waals surface area contributed by atoms with Crippen LogP contribution in [0.4, 0.5) is 10.1 Å². The Morgan fingerprint density at radius 2 is 1.90 bits per heavy atom. The highest BCUT2D eigenvalue weighted by Gasteiger charge is 2.46. The number of pyridine rings is 1. The summed E-state index contributed by atoms with van der Waals surface area (Å²) in [5.41, 5.74) is 11.3. The smallest absolute Gasteiger partial charge is 0.251 e. The highest BCUT2D eigenvalue weighted by molar-refractivity contribution is 6.43. The summed E-state index contributed by atoms with van der Waals surface area (Å²) in [5.74, 6) is -2.26. The Balaban J connectivity index is 1.31. The second-order valence-corrected chi connectivity index (χ2v) is 14.0. The number of primary amides is 1. The van der Waals surface area contributed by atoms with Gasteiger partial charge in [0.15, 0.2) is 5.79 Å². The number of rotatable bonds is 11. The van der Waals surface area contributed by atoms with Crippen LogP contribution in [-0.2, 0) is 15.8 Å². The van der Waals surface area contributed by atoms with Crippen molar-refractivity contribution in [1.82, 2.24) is 10.3 Å². The van der Waals surface area contributed by atoms with Crippen LogP contribution in [0.25, 0.3) is 11.3 Å². The Hall–Kier alpha value is -4.71. The molecule has 2 saturated carbocycles. The average molecular weight is 719 g/mol. The van der Waals surface area contributed by atoms with E-state index >= 15 is 0 Å². The number of carbonyl (C=O) groups excluding carboxylic acids is 2. The number of halogens is 3. The van der Waals surface area contributed by atoms with Crippen LogP contribution in [0.2, 0.25) is 10.0 Å². The number of aliphatic imine (C=N–C) groups is 1. The van der Waals surface area contributed by atoms with Gasteiger partial charge in [-0.05, 0) is 49.6 Å². The number of amides is 2. The van der Waals surface area contributed by atoms with Crippen molar-refractivity contribution in [1.29, 1.82) is 0 Å². The maximum atomic E-state index is 14.4. The largest absolute Gasteiger partial charge is 0.489 e. The summed E-state index contributed by atoms with van der Waals surface area (Å²) < 4.78 is 26.4. The number of anilines is 1. The molecule has 6 N–H and O–H groups in total. The van der Waals surface area contributed by atoms with Gasteiger partial charge in [0.1, 0.15) is 34.8 Å². The van der Waals surface area contributed by atoms with Crippen molar-refractivity contribution in [3.63, 3.8) is 0 Å². The number of aliphatic hydroxyl groups is 1. The maximum absolute atomic E-state index is 14.4. The number of fused-ring (bicyclic) bond motifs is 1. The number of ether oxygens (including phenoxy) is 2. The molecule has 4 aromatic rings. The highest BCUT2D eigenvalue weighted by atomic mass is 35.5. The van der Waals surface area contributed by atoms with E-state index < -0.39 is 28.6 Å². The van der Waals surface area contributed by atoms with Gasteiger partial charge in [-0.2, -0.15) is 0 Å². The third-order valence-electron chi connectivity index (χ3n) is 9.35. The molecule has 2 amide bonds. The SMILES string of the molecule is C[C@]1(C(N)=O)COc2c1cc([C@@](O)(CNC(=O)c1cc(/C=N/C3(F)CC3)c(N)c(OC3CC3)c1)c1ccccc1)nc2-c1cccc(Cl)c1Cl. The fourth-order valence-corrected chi connectivity index (χ4v) is 6.19. The van der Waals surface area contributed by atoms with Gasteiger partial charge < -0.3 is 31.4 Å².